The maximum Gasteiger partial charge on any atom is 0.262 e. The van der Waals surface area contributed by atoms with Gasteiger partial charge in [-0.05, 0) is 56.2 Å². The summed E-state index contributed by atoms with van der Waals surface area (Å²) in [5.41, 5.74) is 3.45. The minimum absolute atomic E-state index is 0.00568. The third-order valence-corrected chi connectivity index (χ3v) is 4.00. The fourth-order valence-electron chi connectivity index (χ4n) is 2.54. The number of benzene rings is 2. The van der Waals surface area contributed by atoms with Crippen molar-refractivity contribution in [1.29, 1.82) is 0 Å². The Morgan fingerprint density at radius 2 is 1.69 bits per heavy atom. The van der Waals surface area contributed by atoms with Gasteiger partial charge in [0.1, 0.15) is 17.6 Å². The van der Waals surface area contributed by atoms with E-state index >= 15 is 0 Å². The zero-order valence-corrected chi connectivity index (χ0v) is 17.0. The minimum Gasteiger partial charge on any atom is -0.490 e. The van der Waals surface area contributed by atoms with Crippen LogP contribution in [0.1, 0.15) is 43.6 Å². The number of nitrogens with one attached hydrogen (secondary N) is 2. The van der Waals surface area contributed by atoms with Crippen molar-refractivity contribution in [2.45, 2.75) is 39.8 Å². The van der Waals surface area contributed by atoms with Crippen LogP contribution in [0.2, 0.25) is 0 Å². The van der Waals surface area contributed by atoms with Crippen LogP contribution in [-0.4, -0.2) is 30.2 Å². The third-order valence-electron chi connectivity index (χ3n) is 4.00. The number of nitrogens with zero attached hydrogens (tertiary/aromatic N) is 1. The molecule has 2 amide bonds. The average molecular weight is 399 g/mol. The summed E-state index contributed by atoms with van der Waals surface area (Å²) in [6.45, 7) is 7.47. The van der Waals surface area contributed by atoms with Crippen molar-refractivity contribution in [1.82, 2.24) is 10.7 Å². The molecule has 0 bridgehead atoms. The van der Waals surface area contributed by atoms with Gasteiger partial charge in [0.15, 0.2) is 0 Å². The molecule has 7 heteroatoms. The molecule has 2 rings (SSSR count). The first-order valence-corrected chi connectivity index (χ1v) is 9.43. The van der Waals surface area contributed by atoms with Crippen molar-refractivity contribution in [3.63, 3.8) is 0 Å². The van der Waals surface area contributed by atoms with E-state index in [-0.39, 0.29) is 17.6 Å². The average Bonchev–Trinajstić information content (AvgIpc) is 2.67. The molecule has 0 fully saturated rings. The molecule has 1 unspecified atom stereocenters. The number of hydrogen-bond acceptors (Lipinski definition) is 4. The van der Waals surface area contributed by atoms with Crippen LogP contribution in [0, 0.1) is 11.7 Å². The number of para-hydroxylation sites is 1. The summed E-state index contributed by atoms with van der Waals surface area (Å²) in [5.74, 6) is -0.861. The smallest absolute Gasteiger partial charge is 0.262 e. The Balaban J connectivity index is 2.04. The molecule has 1 atom stereocenters. The van der Waals surface area contributed by atoms with E-state index in [0.29, 0.717) is 5.75 Å². The fourth-order valence-corrected chi connectivity index (χ4v) is 2.54. The van der Waals surface area contributed by atoms with E-state index in [1.54, 1.807) is 0 Å². The predicted molar refractivity (Wildman–Crippen MR) is 110 cm³/mol. The predicted octanol–water partition coefficient (Wildman–Crippen LogP) is 3.52. The highest BCUT2D eigenvalue weighted by atomic mass is 19.1. The Kier molecular flexibility index (Phi) is 7.88. The zero-order chi connectivity index (χ0) is 21.4. The molecule has 0 saturated heterocycles. The number of rotatable bonds is 8. The molecule has 0 aromatic heterocycles. The molecule has 0 spiro atoms. The Bertz CT molecular complexity index is 864. The first-order chi connectivity index (χ1) is 13.8. The van der Waals surface area contributed by atoms with Gasteiger partial charge in [0, 0.05) is 11.1 Å². The summed E-state index contributed by atoms with van der Waals surface area (Å²) in [7, 11) is 0. The van der Waals surface area contributed by atoms with Crippen LogP contribution in [0.4, 0.5) is 4.39 Å². The molecule has 6 nitrogen and oxygen atoms in total. The van der Waals surface area contributed by atoms with Crippen LogP contribution in [-0.2, 0) is 4.79 Å². The molecule has 2 aromatic rings. The highest BCUT2D eigenvalue weighted by Gasteiger charge is 2.24. The molecule has 0 heterocycles. The quantitative estimate of drug-likeness (QED) is 0.527. The number of hydrazone groups is 1. The van der Waals surface area contributed by atoms with E-state index in [4.69, 9.17) is 4.74 Å². The van der Waals surface area contributed by atoms with Crippen molar-refractivity contribution in [2.75, 3.05) is 0 Å². The molecule has 29 heavy (non-hydrogen) atoms. The molecule has 2 aromatic carbocycles. The molecule has 154 valence electrons. The van der Waals surface area contributed by atoms with Gasteiger partial charge >= 0.3 is 0 Å². The lowest BCUT2D eigenvalue weighted by Crippen LogP contribution is -2.48. The van der Waals surface area contributed by atoms with Gasteiger partial charge in [0.2, 0.25) is 0 Å². The summed E-state index contributed by atoms with van der Waals surface area (Å²) in [4.78, 5) is 24.9. The highest BCUT2D eigenvalue weighted by molar-refractivity contribution is 5.97. The molecule has 2 N–H and O–H groups in total. The first-order valence-electron chi connectivity index (χ1n) is 9.43. The van der Waals surface area contributed by atoms with E-state index in [9.17, 15) is 14.0 Å². The maximum absolute atomic E-state index is 13.0. The molecule has 0 aliphatic heterocycles. The van der Waals surface area contributed by atoms with Gasteiger partial charge in [-0.3, -0.25) is 9.59 Å². The summed E-state index contributed by atoms with van der Waals surface area (Å²) < 4.78 is 18.7. The van der Waals surface area contributed by atoms with Gasteiger partial charge in [-0.2, -0.15) is 5.10 Å². The second-order valence-corrected chi connectivity index (χ2v) is 7.14. The zero-order valence-electron chi connectivity index (χ0n) is 17.0. The molecule has 0 aliphatic carbocycles. The maximum atomic E-state index is 13.0. The van der Waals surface area contributed by atoms with Gasteiger partial charge in [-0.15, -0.1) is 0 Å². The molecular weight excluding hydrogens is 373 g/mol. The number of amides is 2. The van der Waals surface area contributed by atoms with E-state index in [2.05, 4.69) is 15.8 Å². The van der Waals surface area contributed by atoms with Crippen LogP contribution in [0.5, 0.6) is 5.75 Å². The monoisotopic (exact) mass is 399 g/mol. The molecule has 0 saturated carbocycles. The van der Waals surface area contributed by atoms with Crippen LogP contribution in [0.25, 0.3) is 0 Å². The normalized spacial score (nSPS) is 12.2. The lowest BCUT2D eigenvalue weighted by molar-refractivity contribution is -0.123. The van der Waals surface area contributed by atoms with Gasteiger partial charge in [0.05, 0.1) is 12.3 Å². The Labute approximate surface area is 170 Å². The summed E-state index contributed by atoms with van der Waals surface area (Å²) in [6.07, 6.45) is 1.50. The number of carbonyl (C=O) groups excluding carboxylic acids is 2. The Hall–Kier alpha value is -3.22. The van der Waals surface area contributed by atoms with E-state index in [1.165, 1.54) is 30.5 Å². The fraction of sp³-hybridized carbons (Fsp3) is 0.318. The van der Waals surface area contributed by atoms with Crippen LogP contribution in [0.15, 0.2) is 53.6 Å². The largest absolute Gasteiger partial charge is 0.490 e. The Morgan fingerprint density at radius 1 is 1.03 bits per heavy atom. The summed E-state index contributed by atoms with van der Waals surface area (Å²) in [6, 6.07) is 11.7. The molecule has 0 radical (unpaired) electrons. The lowest BCUT2D eigenvalue weighted by atomic mass is 10.0. The summed E-state index contributed by atoms with van der Waals surface area (Å²) in [5, 5.41) is 6.67. The van der Waals surface area contributed by atoms with Crippen LogP contribution >= 0.6 is 0 Å². The SMILES string of the molecule is CC(C)Oc1ccccc1/C=N/NC(=O)C(NC(=O)c1ccc(F)cc1)C(C)C. The van der Waals surface area contributed by atoms with Gasteiger partial charge in [-0.1, -0.05) is 26.0 Å². The second kappa shape index (κ2) is 10.4. The van der Waals surface area contributed by atoms with Crippen LogP contribution < -0.4 is 15.5 Å². The Morgan fingerprint density at radius 3 is 2.31 bits per heavy atom. The number of hydrogen-bond donors (Lipinski definition) is 2. The topological polar surface area (TPSA) is 79.8 Å². The molecule has 0 aliphatic rings. The van der Waals surface area contributed by atoms with E-state index in [0.717, 1.165) is 5.56 Å². The number of halogens is 1. The number of carbonyl (C=O) groups is 2. The van der Waals surface area contributed by atoms with E-state index < -0.39 is 23.7 Å². The van der Waals surface area contributed by atoms with E-state index in [1.807, 2.05) is 52.0 Å². The van der Waals surface area contributed by atoms with Gasteiger partial charge in [-0.25, -0.2) is 9.82 Å². The molecular formula is C22H26FN3O3. The third kappa shape index (κ3) is 6.71. The standard InChI is InChI=1S/C22H26FN3O3/c1-14(2)20(25-21(27)16-9-11-18(23)12-10-16)22(28)26-24-13-17-7-5-6-8-19(17)29-15(3)4/h5-15,20H,1-4H3,(H,25,27)(H,26,28)/b24-13+. The van der Waals surface area contributed by atoms with Crippen molar-refractivity contribution in [3.05, 3.63) is 65.5 Å². The van der Waals surface area contributed by atoms with Gasteiger partial charge < -0.3 is 10.1 Å². The minimum atomic E-state index is -0.799. The second-order valence-electron chi connectivity index (χ2n) is 7.14. The summed E-state index contributed by atoms with van der Waals surface area (Å²) >= 11 is 0. The highest BCUT2D eigenvalue weighted by Crippen LogP contribution is 2.17. The van der Waals surface area contributed by atoms with Crippen molar-refractivity contribution < 1.29 is 18.7 Å². The van der Waals surface area contributed by atoms with Crippen molar-refractivity contribution in [2.24, 2.45) is 11.0 Å². The van der Waals surface area contributed by atoms with Crippen LogP contribution in [0.3, 0.4) is 0 Å². The number of ether oxygens (including phenoxy) is 1. The lowest BCUT2D eigenvalue weighted by Gasteiger charge is -2.20. The van der Waals surface area contributed by atoms with Crippen molar-refractivity contribution in [3.8, 4) is 5.75 Å². The van der Waals surface area contributed by atoms with Gasteiger partial charge in [0.25, 0.3) is 11.8 Å². The first kappa shape index (κ1) is 22.1. The van der Waals surface area contributed by atoms with Crippen molar-refractivity contribution >= 4 is 18.0 Å².